The maximum absolute atomic E-state index is 6.43. The lowest BCUT2D eigenvalue weighted by Crippen LogP contribution is -2.21. The van der Waals surface area contributed by atoms with Crippen LogP contribution in [-0.4, -0.2) is 34.8 Å². The SMILES string of the molecule is Cc1cc(Nc2nc(OC3CCCCC3)c3c(ccn3-c3cnn(C)c3)n2)sn1. The van der Waals surface area contributed by atoms with Gasteiger partial charge in [0, 0.05) is 19.4 Å². The highest BCUT2D eigenvalue weighted by Crippen LogP contribution is 2.32. The van der Waals surface area contributed by atoms with Crippen LogP contribution in [0.1, 0.15) is 37.8 Å². The van der Waals surface area contributed by atoms with Crippen molar-refractivity contribution >= 4 is 33.5 Å². The van der Waals surface area contributed by atoms with Crippen LogP contribution in [0.2, 0.25) is 0 Å². The minimum Gasteiger partial charge on any atom is -0.473 e. The van der Waals surface area contributed by atoms with E-state index in [1.807, 2.05) is 49.3 Å². The maximum atomic E-state index is 6.43. The molecule has 0 atom stereocenters. The first-order chi connectivity index (χ1) is 14.2. The second kappa shape index (κ2) is 7.47. The van der Waals surface area contributed by atoms with Gasteiger partial charge < -0.3 is 14.6 Å². The second-order valence-corrected chi connectivity index (χ2v) is 8.28. The van der Waals surface area contributed by atoms with Gasteiger partial charge >= 0.3 is 0 Å². The van der Waals surface area contributed by atoms with Gasteiger partial charge in [-0.25, -0.2) is 4.98 Å². The summed E-state index contributed by atoms with van der Waals surface area (Å²) in [7, 11) is 1.91. The zero-order valence-electron chi connectivity index (χ0n) is 16.5. The first kappa shape index (κ1) is 18.1. The molecule has 0 aliphatic heterocycles. The van der Waals surface area contributed by atoms with Gasteiger partial charge in [-0.2, -0.15) is 14.5 Å². The number of aromatic nitrogens is 6. The van der Waals surface area contributed by atoms with E-state index in [0.29, 0.717) is 11.8 Å². The largest absolute Gasteiger partial charge is 0.473 e. The number of hydrogen-bond acceptors (Lipinski definition) is 7. The monoisotopic (exact) mass is 409 g/mol. The van der Waals surface area contributed by atoms with Gasteiger partial charge in [-0.15, -0.1) is 0 Å². The number of nitrogens with zero attached hydrogens (tertiary/aromatic N) is 6. The van der Waals surface area contributed by atoms with E-state index in [1.54, 1.807) is 4.68 Å². The summed E-state index contributed by atoms with van der Waals surface area (Å²) in [6.45, 7) is 1.97. The van der Waals surface area contributed by atoms with Gasteiger partial charge in [0.25, 0.3) is 0 Å². The second-order valence-electron chi connectivity index (χ2n) is 7.48. The van der Waals surface area contributed by atoms with Crippen molar-refractivity contribution in [1.29, 1.82) is 0 Å². The van der Waals surface area contributed by atoms with E-state index in [0.717, 1.165) is 40.3 Å². The van der Waals surface area contributed by atoms with Gasteiger partial charge in [-0.1, -0.05) is 6.42 Å². The fourth-order valence-electron chi connectivity index (χ4n) is 3.77. The van der Waals surface area contributed by atoms with E-state index in [4.69, 9.17) is 14.7 Å². The molecule has 4 heterocycles. The van der Waals surface area contributed by atoms with Crippen LogP contribution < -0.4 is 10.1 Å². The Labute approximate surface area is 172 Å². The summed E-state index contributed by atoms with van der Waals surface area (Å²) in [5.74, 6) is 1.13. The summed E-state index contributed by atoms with van der Waals surface area (Å²) < 4.78 is 14.6. The van der Waals surface area contributed by atoms with Gasteiger partial charge in [0.15, 0.2) is 0 Å². The molecule has 1 aliphatic rings. The van der Waals surface area contributed by atoms with Crippen LogP contribution in [0.15, 0.2) is 30.7 Å². The van der Waals surface area contributed by atoms with E-state index in [2.05, 4.69) is 14.8 Å². The standard InChI is InChI=1S/C20H23N7OS/c1-13-10-17(29-25-13)23-20-22-16-8-9-27(14-11-21-26(2)12-14)18(16)19(24-20)28-15-6-4-3-5-7-15/h8-12,15H,3-7H2,1-2H3,(H,22,23,24). The highest BCUT2D eigenvalue weighted by molar-refractivity contribution is 7.10. The van der Waals surface area contributed by atoms with Crippen molar-refractivity contribution in [2.24, 2.45) is 7.05 Å². The number of nitrogens with one attached hydrogen (secondary N) is 1. The molecule has 0 bridgehead atoms. The summed E-state index contributed by atoms with van der Waals surface area (Å²) in [6.07, 6.45) is 11.8. The predicted molar refractivity (Wildman–Crippen MR) is 113 cm³/mol. The Morgan fingerprint density at radius 1 is 1.21 bits per heavy atom. The van der Waals surface area contributed by atoms with Crippen molar-refractivity contribution in [3.63, 3.8) is 0 Å². The molecule has 1 N–H and O–H groups in total. The average molecular weight is 410 g/mol. The van der Waals surface area contributed by atoms with Crippen molar-refractivity contribution in [1.82, 2.24) is 28.7 Å². The number of anilines is 2. The lowest BCUT2D eigenvalue weighted by molar-refractivity contribution is 0.150. The van der Waals surface area contributed by atoms with Crippen LogP contribution >= 0.6 is 11.5 Å². The first-order valence-corrected chi connectivity index (χ1v) is 10.7. The third kappa shape index (κ3) is 3.69. The molecule has 1 saturated carbocycles. The molecule has 1 aliphatic carbocycles. The van der Waals surface area contributed by atoms with Crippen LogP contribution in [0.5, 0.6) is 5.88 Å². The van der Waals surface area contributed by atoms with Gasteiger partial charge in [-0.3, -0.25) is 4.68 Å². The number of ether oxygens (including phenoxy) is 1. The van der Waals surface area contributed by atoms with Crippen LogP contribution in [0.4, 0.5) is 10.9 Å². The lowest BCUT2D eigenvalue weighted by atomic mass is 9.98. The van der Waals surface area contributed by atoms with Crippen LogP contribution in [0.3, 0.4) is 0 Å². The van der Waals surface area contributed by atoms with Gasteiger partial charge in [-0.05, 0) is 56.3 Å². The predicted octanol–water partition coefficient (Wildman–Crippen LogP) is 4.37. The summed E-state index contributed by atoms with van der Waals surface area (Å²) >= 11 is 1.40. The molecule has 5 rings (SSSR count). The Balaban J connectivity index is 1.58. The normalized spacial score (nSPS) is 15.1. The first-order valence-electron chi connectivity index (χ1n) is 9.91. The van der Waals surface area contributed by atoms with Crippen LogP contribution in [0.25, 0.3) is 16.7 Å². The number of hydrogen-bond donors (Lipinski definition) is 1. The quantitative estimate of drug-likeness (QED) is 0.527. The Morgan fingerprint density at radius 2 is 2.07 bits per heavy atom. The molecule has 0 saturated heterocycles. The molecule has 9 heteroatoms. The summed E-state index contributed by atoms with van der Waals surface area (Å²) in [4.78, 5) is 9.47. The highest BCUT2D eigenvalue weighted by atomic mass is 32.1. The molecule has 1 fully saturated rings. The molecular formula is C20H23N7OS. The summed E-state index contributed by atoms with van der Waals surface area (Å²) in [5, 5.41) is 8.49. The summed E-state index contributed by atoms with van der Waals surface area (Å²) in [5.41, 5.74) is 3.63. The lowest BCUT2D eigenvalue weighted by Gasteiger charge is -2.23. The van der Waals surface area contributed by atoms with E-state index < -0.39 is 0 Å². The molecule has 0 amide bonds. The average Bonchev–Trinajstić information content (AvgIpc) is 3.43. The van der Waals surface area contributed by atoms with E-state index in [1.165, 1.54) is 30.8 Å². The highest BCUT2D eigenvalue weighted by Gasteiger charge is 2.21. The fourth-order valence-corrected chi connectivity index (χ4v) is 4.43. The van der Waals surface area contributed by atoms with Crippen molar-refractivity contribution in [2.45, 2.75) is 45.1 Å². The minimum atomic E-state index is 0.192. The zero-order valence-corrected chi connectivity index (χ0v) is 17.3. The van der Waals surface area contributed by atoms with Gasteiger partial charge in [0.1, 0.15) is 16.6 Å². The van der Waals surface area contributed by atoms with E-state index in [-0.39, 0.29) is 6.10 Å². The topological polar surface area (TPSA) is 82.7 Å². The fraction of sp³-hybridized carbons (Fsp3) is 0.400. The molecule has 29 heavy (non-hydrogen) atoms. The van der Waals surface area contributed by atoms with Crippen molar-refractivity contribution in [3.05, 3.63) is 36.4 Å². The van der Waals surface area contributed by atoms with Crippen LogP contribution in [0, 0.1) is 6.92 Å². The van der Waals surface area contributed by atoms with Crippen molar-refractivity contribution in [2.75, 3.05) is 5.32 Å². The van der Waals surface area contributed by atoms with Gasteiger partial charge in [0.2, 0.25) is 11.8 Å². The number of fused-ring (bicyclic) bond motifs is 1. The Hall–Kier alpha value is -2.94. The Kier molecular flexibility index (Phi) is 4.67. The molecule has 4 aromatic heterocycles. The van der Waals surface area contributed by atoms with E-state index in [9.17, 15) is 0 Å². The molecule has 0 spiro atoms. The Bertz CT molecular complexity index is 1140. The molecule has 0 aromatic carbocycles. The third-order valence-corrected chi connectivity index (χ3v) is 5.96. The molecule has 4 aromatic rings. The zero-order chi connectivity index (χ0) is 19.8. The van der Waals surface area contributed by atoms with Gasteiger partial charge in [0.05, 0.1) is 23.1 Å². The number of rotatable bonds is 5. The Morgan fingerprint density at radius 3 is 2.79 bits per heavy atom. The minimum absolute atomic E-state index is 0.192. The maximum Gasteiger partial charge on any atom is 0.244 e. The molecule has 8 nitrogen and oxygen atoms in total. The molecule has 0 radical (unpaired) electrons. The molecular weight excluding hydrogens is 386 g/mol. The van der Waals surface area contributed by atoms with Crippen LogP contribution in [-0.2, 0) is 7.05 Å². The smallest absolute Gasteiger partial charge is 0.244 e. The van der Waals surface area contributed by atoms with Crippen molar-refractivity contribution in [3.8, 4) is 11.6 Å². The third-order valence-electron chi connectivity index (χ3n) is 5.16. The molecule has 0 unspecified atom stereocenters. The van der Waals surface area contributed by atoms with Crippen molar-refractivity contribution < 1.29 is 4.74 Å². The van der Waals surface area contributed by atoms with E-state index >= 15 is 0 Å². The summed E-state index contributed by atoms with van der Waals surface area (Å²) in [6, 6.07) is 3.97. The molecule has 150 valence electrons. The number of aryl methyl sites for hydroxylation is 2.